The normalized spacial score (nSPS) is 21.8. The van der Waals surface area contributed by atoms with Gasteiger partial charge in [0.2, 0.25) is 0 Å². The Kier molecular flexibility index (Phi) is 5.25. The third-order valence-corrected chi connectivity index (χ3v) is 4.32. The smallest absolute Gasteiger partial charge is 0.410 e. The van der Waals surface area contributed by atoms with Crippen molar-refractivity contribution in [1.29, 1.82) is 0 Å². The average Bonchev–Trinajstić information content (AvgIpc) is 2.79. The van der Waals surface area contributed by atoms with Crippen LogP contribution in [0.1, 0.15) is 37.8 Å². The number of hydrogen-bond acceptors (Lipinski definition) is 5. The van der Waals surface area contributed by atoms with Crippen LogP contribution in [0.25, 0.3) is 0 Å². The molecule has 1 heterocycles. The summed E-state index contributed by atoms with van der Waals surface area (Å²) in [5.41, 5.74) is 1.45. The minimum atomic E-state index is -3.62. The Labute approximate surface area is 143 Å². The maximum absolute atomic E-state index is 12.3. The van der Waals surface area contributed by atoms with E-state index in [0.29, 0.717) is 6.54 Å². The van der Waals surface area contributed by atoms with E-state index in [2.05, 4.69) is 0 Å². The van der Waals surface area contributed by atoms with Gasteiger partial charge in [0, 0.05) is 12.5 Å². The topological polar surface area (TPSA) is 72.9 Å². The lowest BCUT2D eigenvalue weighted by molar-refractivity contribution is 0.0276. The summed E-state index contributed by atoms with van der Waals surface area (Å²) in [6.07, 6.45) is -0.0514. The molecule has 0 saturated carbocycles. The maximum Gasteiger partial charge on any atom is 0.410 e. The highest BCUT2D eigenvalue weighted by atomic mass is 32.2. The van der Waals surface area contributed by atoms with Gasteiger partial charge in [-0.1, -0.05) is 29.8 Å². The van der Waals surface area contributed by atoms with Crippen molar-refractivity contribution in [2.75, 3.05) is 19.3 Å². The molecule has 0 unspecified atom stereocenters. The van der Waals surface area contributed by atoms with Crippen LogP contribution in [0.2, 0.25) is 0 Å². The fraction of sp³-hybridized carbons (Fsp3) is 0.588. The van der Waals surface area contributed by atoms with Gasteiger partial charge in [-0.2, -0.15) is 8.42 Å². The van der Waals surface area contributed by atoms with E-state index in [1.165, 1.54) is 4.90 Å². The monoisotopic (exact) mass is 355 g/mol. The Hall–Kier alpha value is -1.60. The van der Waals surface area contributed by atoms with E-state index in [-0.39, 0.29) is 12.5 Å². The highest BCUT2D eigenvalue weighted by Crippen LogP contribution is 2.31. The van der Waals surface area contributed by atoms with Crippen molar-refractivity contribution in [3.05, 3.63) is 35.4 Å². The fourth-order valence-electron chi connectivity index (χ4n) is 2.71. The molecule has 1 aliphatic rings. The van der Waals surface area contributed by atoms with E-state index in [1.54, 1.807) is 20.8 Å². The number of hydrogen-bond donors (Lipinski definition) is 0. The first-order chi connectivity index (χ1) is 10.9. The van der Waals surface area contributed by atoms with Gasteiger partial charge >= 0.3 is 6.09 Å². The zero-order valence-electron chi connectivity index (χ0n) is 14.8. The summed E-state index contributed by atoms with van der Waals surface area (Å²) >= 11 is 0. The van der Waals surface area contributed by atoms with Gasteiger partial charge < -0.3 is 9.64 Å². The molecule has 1 saturated heterocycles. The number of ether oxygens (including phenoxy) is 1. The van der Waals surface area contributed by atoms with Gasteiger partial charge in [-0.3, -0.25) is 4.18 Å². The molecule has 134 valence electrons. The van der Waals surface area contributed by atoms with Crippen molar-refractivity contribution >= 4 is 16.2 Å². The van der Waals surface area contributed by atoms with Crippen molar-refractivity contribution in [3.8, 4) is 0 Å². The molecule has 1 aromatic carbocycles. The van der Waals surface area contributed by atoms with E-state index >= 15 is 0 Å². The molecule has 0 aliphatic carbocycles. The molecule has 0 radical (unpaired) electrons. The second kappa shape index (κ2) is 6.72. The Morgan fingerprint density at radius 2 is 1.75 bits per heavy atom. The fourth-order valence-corrected chi connectivity index (χ4v) is 3.35. The molecular formula is C17H25NO5S. The molecule has 7 heteroatoms. The van der Waals surface area contributed by atoms with Crippen molar-refractivity contribution in [1.82, 2.24) is 4.90 Å². The van der Waals surface area contributed by atoms with Crippen molar-refractivity contribution in [2.24, 2.45) is 0 Å². The standard InChI is InChI=1S/C17H25NO5S/c1-12-6-8-13(9-7-12)14-10-18(16(19)22-17(2,3)4)11-15(14)23-24(5,20)21/h6-9,14-15H,10-11H2,1-5H3/t14-,15+/m0/s1. The number of amides is 1. The van der Waals surface area contributed by atoms with Crippen LogP contribution in [0.4, 0.5) is 4.79 Å². The highest BCUT2D eigenvalue weighted by molar-refractivity contribution is 7.86. The molecule has 1 fully saturated rings. The molecule has 2 atom stereocenters. The van der Waals surface area contributed by atoms with Gasteiger partial charge in [0.1, 0.15) is 11.7 Å². The quantitative estimate of drug-likeness (QED) is 0.780. The zero-order chi connectivity index (χ0) is 18.1. The third kappa shape index (κ3) is 5.21. The largest absolute Gasteiger partial charge is 0.444 e. The summed E-state index contributed by atoms with van der Waals surface area (Å²) in [6.45, 7) is 7.91. The molecule has 0 N–H and O–H groups in total. The van der Waals surface area contributed by atoms with E-state index < -0.39 is 27.9 Å². The Balaban J connectivity index is 2.22. The third-order valence-electron chi connectivity index (χ3n) is 3.72. The number of carbonyl (C=O) groups is 1. The molecule has 1 aliphatic heterocycles. The van der Waals surface area contributed by atoms with Gasteiger partial charge in [-0.05, 0) is 33.3 Å². The summed E-state index contributed by atoms with van der Waals surface area (Å²) in [6, 6.07) is 7.81. The highest BCUT2D eigenvalue weighted by Gasteiger charge is 2.40. The molecule has 6 nitrogen and oxygen atoms in total. The van der Waals surface area contributed by atoms with E-state index in [1.807, 2.05) is 31.2 Å². The minimum absolute atomic E-state index is 0.181. The lowest BCUT2D eigenvalue weighted by Crippen LogP contribution is -2.36. The van der Waals surface area contributed by atoms with Crippen LogP contribution in [0.15, 0.2) is 24.3 Å². The van der Waals surface area contributed by atoms with Crippen LogP contribution in [-0.4, -0.2) is 50.5 Å². The molecular weight excluding hydrogens is 330 g/mol. The lowest BCUT2D eigenvalue weighted by atomic mass is 9.95. The van der Waals surface area contributed by atoms with Crippen LogP contribution in [-0.2, 0) is 19.0 Å². The molecule has 1 amide bonds. The van der Waals surface area contributed by atoms with Crippen LogP contribution in [0, 0.1) is 6.92 Å². The van der Waals surface area contributed by atoms with Gasteiger partial charge in [-0.25, -0.2) is 4.79 Å². The summed E-state index contributed by atoms with van der Waals surface area (Å²) in [7, 11) is -3.62. The SMILES string of the molecule is Cc1ccc([C@@H]2CN(C(=O)OC(C)(C)C)C[C@H]2OS(C)(=O)=O)cc1. The van der Waals surface area contributed by atoms with Crippen LogP contribution < -0.4 is 0 Å². The Morgan fingerprint density at radius 3 is 2.25 bits per heavy atom. The summed E-state index contributed by atoms with van der Waals surface area (Å²) in [4.78, 5) is 13.8. The van der Waals surface area contributed by atoms with Gasteiger partial charge in [0.25, 0.3) is 10.1 Å². The summed E-state index contributed by atoms with van der Waals surface area (Å²) in [5.74, 6) is -0.215. The van der Waals surface area contributed by atoms with Crippen molar-refractivity contribution in [3.63, 3.8) is 0 Å². The molecule has 0 spiro atoms. The minimum Gasteiger partial charge on any atom is -0.444 e. The van der Waals surface area contributed by atoms with E-state index in [9.17, 15) is 13.2 Å². The maximum atomic E-state index is 12.3. The number of nitrogens with zero attached hydrogens (tertiary/aromatic N) is 1. The van der Waals surface area contributed by atoms with E-state index in [0.717, 1.165) is 17.4 Å². The van der Waals surface area contributed by atoms with Crippen LogP contribution in [0.5, 0.6) is 0 Å². The summed E-state index contributed by atoms with van der Waals surface area (Å²) < 4.78 is 33.7. The molecule has 1 aromatic rings. The molecule has 2 rings (SSSR count). The number of rotatable bonds is 3. The van der Waals surface area contributed by atoms with Gasteiger partial charge in [-0.15, -0.1) is 0 Å². The zero-order valence-corrected chi connectivity index (χ0v) is 15.6. The van der Waals surface area contributed by atoms with Crippen LogP contribution >= 0.6 is 0 Å². The molecule has 0 aromatic heterocycles. The lowest BCUT2D eigenvalue weighted by Gasteiger charge is -2.24. The first-order valence-corrected chi connectivity index (χ1v) is 9.69. The predicted molar refractivity (Wildman–Crippen MR) is 91.4 cm³/mol. The molecule has 0 bridgehead atoms. The number of benzene rings is 1. The van der Waals surface area contributed by atoms with Crippen molar-refractivity contribution in [2.45, 2.75) is 45.3 Å². The Bertz CT molecular complexity index is 691. The Morgan fingerprint density at radius 1 is 1.17 bits per heavy atom. The first kappa shape index (κ1) is 18.7. The van der Waals surface area contributed by atoms with E-state index in [4.69, 9.17) is 8.92 Å². The second-order valence-corrected chi connectivity index (χ2v) is 8.84. The second-order valence-electron chi connectivity index (χ2n) is 7.24. The first-order valence-electron chi connectivity index (χ1n) is 7.87. The number of likely N-dealkylation sites (tertiary alicyclic amines) is 1. The predicted octanol–water partition coefficient (Wildman–Crippen LogP) is 2.67. The van der Waals surface area contributed by atoms with Crippen molar-refractivity contribution < 1.29 is 22.1 Å². The van der Waals surface area contributed by atoms with Crippen LogP contribution in [0.3, 0.4) is 0 Å². The average molecular weight is 355 g/mol. The molecule has 24 heavy (non-hydrogen) atoms. The summed E-state index contributed by atoms with van der Waals surface area (Å²) in [5, 5.41) is 0. The van der Waals surface area contributed by atoms with Gasteiger partial charge in [0.05, 0.1) is 12.8 Å². The number of aryl methyl sites for hydroxylation is 1. The number of carbonyl (C=O) groups excluding carboxylic acids is 1. The van der Waals surface area contributed by atoms with Gasteiger partial charge in [0.15, 0.2) is 0 Å².